The topological polar surface area (TPSA) is 123 Å². The second kappa shape index (κ2) is 9.27. The fraction of sp³-hybridized carbons (Fsp3) is 0.286. The summed E-state index contributed by atoms with van der Waals surface area (Å²) in [6.45, 7) is 1.39. The largest absolute Gasteiger partial charge is 0.491 e. The van der Waals surface area contributed by atoms with Crippen LogP contribution in [0.15, 0.2) is 60.9 Å². The molecular formula is C21H24N6O3S. The molecule has 0 spiro atoms. The molecule has 0 bridgehead atoms. The van der Waals surface area contributed by atoms with Gasteiger partial charge in [0.25, 0.3) is 0 Å². The molecule has 0 amide bonds. The first-order chi connectivity index (χ1) is 15.0. The molecule has 162 valence electrons. The Morgan fingerprint density at radius 3 is 2.77 bits per heavy atom. The number of benzene rings is 2. The van der Waals surface area contributed by atoms with Crippen LogP contribution in [0, 0.1) is 0 Å². The third-order valence-corrected chi connectivity index (χ3v) is 5.67. The number of aromatic nitrogens is 3. The molecule has 0 unspecified atom stereocenters. The van der Waals surface area contributed by atoms with Gasteiger partial charge in [-0.2, -0.15) is 4.98 Å². The Morgan fingerprint density at radius 2 is 1.97 bits per heavy atom. The van der Waals surface area contributed by atoms with Crippen LogP contribution in [0.1, 0.15) is 18.4 Å². The van der Waals surface area contributed by atoms with E-state index < -0.39 is 10.0 Å². The molecule has 1 aliphatic rings. The Morgan fingerprint density at radius 1 is 1.13 bits per heavy atom. The molecule has 10 heteroatoms. The van der Waals surface area contributed by atoms with Crippen LogP contribution >= 0.6 is 0 Å². The highest BCUT2D eigenvalue weighted by molar-refractivity contribution is 7.88. The van der Waals surface area contributed by atoms with Gasteiger partial charge in [-0.05, 0) is 42.7 Å². The van der Waals surface area contributed by atoms with Crippen molar-refractivity contribution in [3.05, 3.63) is 66.5 Å². The molecule has 1 aliphatic heterocycles. The van der Waals surface area contributed by atoms with Crippen LogP contribution in [-0.2, 0) is 15.8 Å². The van der Waals surface area contributed by atoms with E-state index in [0.29, 0.717) is 29.8 Å². The average molecular weight is 441 g/mol. The maximum Gasteiger partial charge on any atom is 0.231 e. The van der Waals surface area contributed by atoms with Crippen molar-refractivity contribution in [2.24, 2.45) is 5.14 Å². The van der Waals surface area contributed by atoms with Gasteiger partial charge in [-0.25, -0.2) is 23.5 Å². The summed E-state index contributed by atoms with van der Waals surface area (Å²) in [5.74, 6) is 1.57. The Kier molecular flexibility index (Phi) is 6.28. The highest BCUT2D eigenvalue weighted by Gasteiger charge is 2.27. The summed E-state index contributed by atoms with van der Waals surface area (Å²) in [5, 5.41) is 8.25. The van der Waals surface area contributed by atoms with Gasteiger partial charge in [-0.15, -0.1) is 0 Å². The van der Waals surface area contributed by atoms with Gasteiger partial charge >= 0.3 is 0 Å². The molecule has 9 nitrogen and oxygen atoms in total. The lowest BCUT2D eigenvalue weighted by Gasteiger charge is -2.24. The number of nitrogens with one attached hydrogen (secondary N) is 1. The number of nitrogens with zero attached hydrogens (tertiary/aromatic N) is 4. The lowest BCUT2D eigenvalue weighted by molar-refractivity contribution is 0.288. The zero-order chi connectivity index (χ0) is 21.7. The Hall–Kier alpha value is -3.24. The first-order valence-electron chi connectivity index (χ1n) is 9.96. The Balaban J connectivity index is 1.45. The summed E-state index contributed by atoms with van der Waals surface area (Å²) in [4.78, 5) is 15.2. The summed E-state index contributed by atoms with van der Waals surface area (Å²) in [6.07, 6.45) is 3.50. The molecule has 2 heterocycles. The van der Waals surface area contributed by atoms with Crippen LogP contribution in [0.25, 0.3) is 0 Å². The van der Waals surface area contributed by atoms with Crippen LogP contribution in [0.2, 0.25) is 0 Å². The molecule has 3 N–H and O–H groups in total. The number of primary sulfonamides is 1. The van der Waals surface area contributed by atoms with E-state index in [0.717, 1.165) is 25.1 Å². The number of para-hydroxylation sites is 1. The van der Waals surface area contributed by atoms with Crippen molar-refractivity contribution < 1.29 is 13.2 Å². The van der Waals surface area contributed by atoms with Gasteiger partial charge < -0.3 is 15.0 Å². The van der Waals surface area contributed by atoms with Crippen LogP contribution in [0.5, 0.6) is 5.75 Å². The Bertz CT molecular complexity index is 1130. The molecule has 31 heavy (non-hydrogen) atoms. The standard InChI is InChI=1S/C21H24N6O3S/c22-31(28,29)14-16-6-4-7-17(12-16)25-20-23-15-24-21(26-20)27-11-5-8-18(27)13-30-19-9-2-1-3-10-19/h1-4,6-7,9-10,12,15,18H,5,8,11,13-14H2,(H2,22,28,29)(H,23,24,25,26)/t18-/m1/s1. The van der Waals surface area contributed by atoms with Gasteiger partial charge in [0.05, 0.1) is 11.8 Å². The van der Waals surface area contributed by atoms with E-state index in [9.17, 15) is 8.42 Å². The van der Waals surface area contributed by atoms with Gasteiger partial charge in [0.15, 0.2) is 0 Å². The first-order valence-corrected chi connectivity index (χ1v) is 11.7. The molecule has 3 aromatic rings. The van der Waals surface area contributed by atoms with Crippen LogP contribution < -0.4 is 20.1 Å². The highest BCUT2D eigenvalue weighted by atomic mass is 32.2. The molecule has 4 rings (SSSR count). The second-order valence-corrected chi connectivity index (χ2v) is 8.97. The normalized spacial score (nSPS) is 16.3. The molecule has 1 aromatic heterocycles. The van der Waals surface area contributed by atoms with Crippen LogP contribution in [-0.4, -0.2) is 42.6 Å². The van der Waals surface area contributed by atoms with E-state index in [4.69, 9.17) is 9.88 Å². The molecule has 0 radical (unpaired) electrons. The van der Waals surface area contributed by atoms with Gasteiger partial charge in [0.1, 0.15) is 18.7 Å². The van der Waals surface area contributed by atoms with Crippen molar-refractivity contribution in [1.82, 2.24) is 15.0 Å². The van der Waals surface area contributed by atoms with Gasteiger partial charge in [0, 0.05) is 12.2 Å². The molecule has 1 atom stereocenters. The third-order valence-electron chi connectivity index (χ3n) is 4.93. The van der Waals surface area contributed by atoms with Gasteiger partial charge in [-0.1, -0.05) is 30.3 Å². The van der Waals surface area contributed by atoms with E-state index in [1.807, 2.05) is 36.4 Å². The minimum absolute atomic E-state index is 0.175. The summed E-state index contributed by atoms with van der Waals surface area (Å²) in [7, 11) is -3.60. The zero-order valence-corrected chi connectivity index (χ0v) is 17.7. The fourth-order valence-corrected chi connectivity index (χ4v) is 4.21. The summed E-state index contributed by atoms with van der Waals surface area (Å²) >= 11 is 0. The number of hydrogen-bond donors (Lipinski definition) is 2. The maximum atomic E-state index is 11.3. The number of hydrogen-bond acceptors (Lipinski definition) is 8. The van der Waals surface area contributed by atoms with E-state index in [-0.39, 0.29) is 11.8 Å². The van der Waals surface area contributed by atoms with Crippen molar-refractivity contribution >= 4 is 27.6 Å². The zero-order valence-electron chi connectivity index (χ0n) is 16.9. The average Bonchev–Trinajstić information content (AvgIpc) is 3.21. The monoisotopic (exact) mass is 440 g/mol. The van der Waals surface area contributed by atoms with Crippen LogP contribution in [0.4, 0.5) is 17.6 Å². The molecule has 2 aromatic carbocycles. The minimum Gasteiger partial charge on any atom is -0.491 e. The van der Waals surface area contributed by atoms with Crippen molar-refractivity contribution in [2.45, 2.75) is 24.6 Å². The number of nitrogens with two attached hydrogens (primary N) is 1. The van der Waals surface area contributed by atoms with Gasteiger partial charge in [-0.3, -0.25) is 0 Å². The quantitative estimate of drug-likeness (QED) is 0.547. The summed E-state index contributed by atoms with van der Waals surface area (Å²) < 4.78 is 28.6. The Labute approximate surface area is 181 Å². The molecule has 0 aliphatic carbocycles. The lowest BCUT2D eigenvalue weighted by Crippen LogP contribution is -2.35. The van der Waals surface area contributed by atoms with Crippen molar-refractivity contribution in [3.63, 3.8) is 0 Å². The minimum atomic E-state index is -3.60. The van der Waals surface area contributed by atoms with Crippen LogP contribution in [0.3, 0.4) is 0 Å². The first kappa shape index (κ1) is 21.0. The highest BCUT2D eigenvalue weighted by Crippen LogP contribution is 2.24. The maximum absolute atomic E-state index is 11.3. The van der Waals surface area contributed by atoms with E-state index >= 15 is 0 Å². The van der Waals surface area contributed by atoms with Crippen molar-refractivity contribution in [2.75, 3.05) is 23.4 Å². The number of rotatable bonds is 8. The van der Waals surface area contributed by atoms with E-state index in [2.05, 4.69) is 25.2 Å². The number of anilines is 3. The van der Waals surface area contributed by atoms with E-state index in [1.165, 1.54) is 6.33 Å². The predicted molar refractivity (Wildman–Crippen MR) is 119 cm³/mol. The fourth-order valence-electron chi connectivity index (χ4n) is 3.57. The summed E-state index contributed by atoms with van der Waals surface area (Å²) in [5.41, 5.74) is 1.25. The summed E-state index contributed by atoms with van der Waals surface area (Å²) in [6, 6.07) is 16.9. The molecule has 1 fully saturated rings. The smallest absolute Gasteiger partial charge is 0.231 e. The second-order valence-electron chi connectivity index (χ2n) is 7.36. The number of ether oxygens (including phenoxy) is 1. The van der Waals surface area contributed by atoms with E-state index in [1.54, 1.807) is 18.2 Å². The van der Waals surface area contributed by atoms with Gasteiger partial charge in [0.2, 0.25) is 21.9 Å². The molecular weight excluding hydrogens is 416 g/mol. The SMILES string of the molecule is NS(=O)(=O)Cc1cccc(Nc2ncnc(N3CCC[C@@H]3COc3ccccc3)n2)c1. The lowest BCUT2D eigenvalue weighted by atomic mass is 10.2. The third kappa shape index (κ3) is 5.89. The molecule has 0 saturated carbocycles. The molecule has 1 saturated heterocycles. The van der Waals surface area contributed by atoms with Crippen molar-refractivity contribution in [1.29, 1.82) is 0 Å². The van der Waals surface area contributed by atoms with Crippen molar-refractivity contribution in [3.8, 4) is 5.75 Å². The predicted octanol–water partition coefficient (Wildman–Crippen LogP) is 2.45. The number of sulfonamides is 1.